The molecule has 2 aromatic heterocycles. The van der Waals surface area contributed by atoms with Gasteiger partial charge in [-0.25, -0.2) is 4.79 Å². The average Bonchev–Trinajstić information content (AvgIpc) is 2.95. The predicted molar refractivity (Wildman–Crippen MR) is 83.9 cm³/mol. The van der Waals surface area contributed by atoms with E-state index >= 15 is 0 Å². The maximum absolute atomic E-state index is 11.3. The van der Waals surface area contributed by atoms with E-state index in [1.54, 1.807) is 11.3 Å². The minimum Gasteiger partial charge on any atom is -0.309 e. The lowest BCUT2D eigenvalue weighted by Crippen LogP contribution is -2.16. The molecule has 1 unspecified atom stereocenters. The minimum atomic E-state index is -0.192. The van der Waals surface area contributed by atoms with Crippen molar-refractivity contribution in [1.29, 1.82) is 0 Å². The first kappa shape index (κ1) is 13.4. The van der Waals surface area contributed by atoms with Crippen LogP contribution in [0.25, 0.3) is 11.0 Å². The lowest BCUT2D eigenvalue weighted by Gasteiger charge is -2.16. The van der Waals surface area contributed by atoms with E-state index in [4.69, 9.17) is 11.6 Å². The van der Waals surface area contributed by atoms with Crippen molar-refractivity contribution in [3.8, 4) is 0 Å². The standard InChI is InChI=1S/C14H14ClN3OS/c1-7-6-20-13(11(7)15)12(16-2)8-3-4-9-10(5-8)18-14(19)17-9/h3-6,12,16H,1-2H3,(H2,17,18,19). The van der Waals surface area contributed by atoms with Crippen molar-refractivity contribution >= 4 is 34.0 Å². The lowest BCUT2D eigenvalue weighted by atomic mass is 10.0. The van der Waals surface area contributed by atoms with Gasteiger partial charge in [0.1, 0.15) is 0 Å². The summed E-state index contributed by atoms with van der Waals surface area (Å²) < 4.78 is 0. The fraction of sp³-hybridized carbons (Fsp3) is 0.214. The van der Waals surface area contributed by atoms with E-state index in [9.17, 15) is 4.79 Å². The summed E-state index contributed by atoms with van der Waals surface area (Å²) in [6.07, 6.45) is 0. The van der Waals surface area contributed by atoms with Gasteiger partial charge in [-0.3, -0.25) is 0 Å². The molecule has 0 saturated carbocycles. The zero-order valence-corrected chi connectivity index (χ0v) is 12.7. The van der Waals surface area contributed by atoms with Crippen molar-refractivity contribution in [2.45, 2.75) is 13.0 Å². The molecule has 0 amide bonds. The molecule has 104 valence electrons. The van der Waals surface area contributed by atoms with Gasteiger partial charge in [-0.15, -0.1) is 11.3 Å². The summed E-state index contributed by atoms with van der Waals surface area (Å²) in [5, 5.41) is 6.14. The number of nitrogens with one attached hydrogen (secondary N) is 3. The van der Waals surface area contributed by atoms with Crippen LogP contribution in [-0.4, -0.2) is 17.0 Å². The van der Waals surface area contributed by atoms with Crippen molar-refractivity contribution in [2.24, 2.45) is 0 Å². The van der Waals surface area contributed by atoms with Crippen LogP contribution in [0.5, 0.6) is 0 Å². The second kappa shape index (κ2) is 5.09. The van der Waals surface area contributed by atoms with Crippen molar-refractivity contribution in [3.05, 3.63) is 55.1 Å². The molecule has 3 N–H and O–H groups in total. The largest absolute Gasteiger partial charge is 0.323 e. The van der Waals surface area contributed by atoms with Gasteiger partial charge in [-0.1, -0.05) is 17.7 Å². The van der Waals surface area contributed by atoms with E-state index in [-0.39, 0.29) is 11.7 Å². The van der Waals surface area contributed by atoms with Crippen LogP contribution in [0.15, 0.2) is 28.4 Å². The van der Waals surface area contributed by atoms with Gasteiger partial charge in [0.25, 0.3) is 0 Å². The molecule has 0 aliphatic heterocycles. The molecule has 2 heterocycles. The summed E-state index contributed by atoms with van der Waals surface area (Å²) in [7, 11) is 1.90. The highest BCUT2D eigenvalue weighted by Crippen LogP contribution is 2.35. The van der Waals surface area contributed by atoms with Crippen molar-refractivity contribution in [2.75, 3.05) is 7.05 Å². The molecule has 0 aliphatic rings. The smallest absolute Gasteiger partial charge is 0.309 e. The summed E-state index contributed by atoms with van der Waals surface area (Å²) in [5.74, 6) is 0. The summed E-state index contributed by atoms with van der Waals surface area (Å²) >= 11 is 8.00. The number of aromatic amines is 2. The zero-order valence-electron chi connectivity index (χ0n) is 11.1. The Kier molecular flexibility index (Phi) is 3.41. The third kappa shape index (κ3) is 2.18. The number of aryl methyl sites for hydroxylation is 1. The monoisotopic (exact) mass is 307 g/mol. The normalized spacial score (nSPS) is 12.9. The number of imidazole rings is 1. The summed E-state index contributed by atoms with van der Waals surface area (Å²) in [6, 6.07) is 5.89. The van der Waals surface area contributed by atoms with Crippen LogP contribution in [0.1, 0.15) is 22.0 Å². The van der Waals surface area contributed by atoms with Crippen LogP contribution < -0.4 is 11.0 Å². The highest BCUT2D eigenvalue weighted by Gasteiger charge is 2.19. The van der Waals surface area contributed by atoms with Gasteiger partial charge in [-0.2, -0.15) is 0 Å². The maximum atomic E-state index is 11.3. The molecule has 3 rings (SSSR count). The van der Waals surface area contributed by atoms with Gasteiger partial charge >= 0.3 is 5.69 Å². The van der Waals surface area contributed by atoms with Gasteiger partial charge in [0.05, 0.1) is 22.1 Å². The lowest BCUT2D eigenvalue weighted by molar-refractivity contribution is 0.704. The first-order chi connectivity index (χ1) is 9.60. The van der Waals surface area contributed by atoms with Gasteiger partial charge in [0.2, 0.25) is 0 Å². The van der Waals surface area contributed by atoms with E-state index < -0.39 is 0 Å². The summed E-state index contributed by atoms with van der Waals surface area (Å²) in [5.41, 5.74) is 3.57. The molecule has 3 aromatic rings. The van der Waals surface area contributed by atoms with Gasteiger partial charge in [0, 0.05) is 4.88 Å². The molecule has 0 aliphatic carbocycles. The molecule has 6 heteroatoms. The Morgan fingerprint density at radius 1 is 1.30 bits per heavy atom. The Bertz CT molecular complexity index is 817. The highest BCUT2D eigenvalue weighted by atomic mass is 35.5. The van der Waals surface area contributed by atoms with Gasteiger partial charge in [-0.05, 0) is 42.6 Å². The Labute approximate surface area is 124 Å². The van der Waals surface area contributed by atoms with Crippen LogP contribution in [0, 0.1) is 6.92 Å². The maximum Gasteiger partial charge on any atom is 0.323 e. The van der Waals surface area contributed by atoms with Crippen LogP contribution >= 0.6 is 22.9 Å². The molecule has 1 atom stereocenters. The Hall–Kier alpha value is -1.56. The van der Waals surface area contributed by atoms with Crippen molar-refractivity contribution in [1.82, 2.24) is 15.3 Å². The Morgan fingerprint density at radius 3 is 2.70 bits per heavy atom. The molecule has 0 spiro atoms. The molecule has 0 fully saturated rings. The number of H-pyrrole nitrogens is 2. The molecule has 4 nitrogen and oxygen atoms in total. The highest BCUT2D eigenvalue weighted by molar-refractivity contribution is 7.10. The van der Waals surface area contributed by atoms with Gasteiger partial charge < -0.3 is 15.3 Å². The minimum absolute atomic E-state index is 0.0176. The van der Waals surface area contributed by atoms with Crippen LogP contribution in [-0.2, 0) is 0 Å². The van der Waals surface area contributed by atoms with E-state index in [1.165, 1.54) is 0 Å². The second-order valence-corrected chi connectivity index (χ2v) is 5.99. The molecule has 0 bridgehead atoms. The number of aromatic nitrogens is 2. The van der Waals surface area contributed by atoms with E-state index in [2.05, 4.69) is 20.7 Å². The van der Waals surface area contributed by atoms with E-state index in [0.717, 1.165) is 32.1 Å². The molecule has 0 radical (unpaired) electrons. The fourth-order valence-electron chi connectivity index (χ4n) is 2.32. The van der Waals surface area contributed by atoms with Crippen molar-refractivity contribution < 1.29 is 0 Å². The van der Waals surface area contributed by atoms with Crippen LogP contribution in [0.2, 0.25) is 5.02 Å². The Morgan fingerprint density at radius 2 is 2.05 bits per heavy atom. The van der Waals surface area contributed by atoms with E-state index in [0.29, 0.717) is 0 Å². The summed E-state index contributed by atoms with van der Waals surface area (Å²) in [6.45, 7) is 2.00. The average molecular weight is 308 g/mol. The van der Waals surface area contributed by atoms with Crippen LogP contribution in [0.4, 0.5) is 0 Å². The number of fused-ring (bicyclic) bond motifs is 1. The topological polar surface area (TPSA) is 60.7 Å². The van der Waals surface area contributed by atoms with E-state index in [1.807, 2.05) is 32.2 Å². The third-order valence-electron chi connectivity index (χ3n) is 3.35. The first-order valence-electron chi connectivity index (χ1n) is 6.23. The molecular formula is C14H14ClN3OS. The number of benzene rings is 1. The number of thiophene rings is 1. The number of hydrogen-bond acceptors (Lipinski definition) is 3. The zero-order chi connectivity index (χ0) is 14.3. The number of hydrogen-bond donors (Lipinski definition) is 3. The van der Waals surface area contributed by atoms with Crippen LogP contribution in [0.3, 0.4) is 0 Å². The number of rotatable bonds is 3. The molecule has 0 saturated heterocycles. The second-order valence-electron chi connectivity index (χ2n) is 4.70. The molecule has 1 aromatic carbocycles. The predicted octanol–water partition coefficient (Wildman–Crippen LogP) is 3.19. The van der Waals surface area contributed by atoms with Gasteiger partial charge in [0.15, 0.2) is 0 Å². The van der Waals surface area contributed by atoms with Crippen molar-refractivity contribution in [3.63, 3.8) is 0 Å². The quantitative estimate of drug-likeness (QED) is 0.696. The number of halogens is 1. The SMILES string of the molecule is CNC(c1ccc2[nH]c(=O)[nH]c2c1)c1scc(C)c1Cl. The first-order valence-corrected chi connectivity index (χ1v) is 7.48. The molecular weight excluding hydrogens is 294 g/mol. The Balaban J connectivity index is 2.11. The fourth-order valence-corrected chi connectivity index (χ4v) is 3.76. The summed E-state index contributed by atoms with van der Waals surface area (Å²) in [4.78, 5) is 17.9. The molecule has 20 heavy (non-hydrogen) atoms. The third-order valence-corrected chi connectivity index (χ3v) is 5.13.